The second kappa shape index (κ2) is 5.88. The summed E-state index contributed by atoms with van der Waals surface area (Å²) in [7, 11) is 1.51. The monoisotopic (exact) mass is 301 g/mol. The standard InChI is InChI=1S/C16H19N3O3/c1-3-13(22-2)15(20)17-10-6-7-12-11(9-10)16(21)19-8-4-5-14(19)18-12/h6-7,9,13H,3-5,8H2,1-2H3,(H,17,20)/t13-/m0/s1. The van der Waals surface area contributed by atoms with E-state index in [0.717, 1.165) is 25.2 Å². The summed E-state index contributed by atoms with van der Waals surface area (Å²) >= 11 is 0. The molecule has 0 bridgehead atoms. The summed E-state index contributed by atoms with van der Waals surface area (Å²) in [5.41, 5.74) is 1.23. The minimum atomic E-state index is -0.491. The highest BCUT2D eigenvalue weighted by molar-refractivity contribution is 5.96. The van der Waals surface area contributed by atoms with Gasteiger partial charge in [0.15, 0.2) is 0 Å². The molecule has 0 aliphatic carbocycles. The Morgan fingerprint density at radius 2 is 2.32 bits per heavy atom. The molecule has 0 spiro atoms. The fourth-order valence-electron chi connectivity index (χ4n) is 2.84. The van der Waals surface area contributed by atoms with Crippen LogP contribution in [0.3, 0.4) is 0 Å². The van der Waals surface area contributed by atoms with Crippen LogP contribution in [0.4, 0.5) is 5.69 Å². The maximum Gasteiger partial charge on any atom is 0.261 e. The molecule has 3 rings (SSSR count). The van der Waals surface area contributed by atoms with Crippen molar-refractivity contribution in [3.63, 3.8) is 0 Å². The van der Waals surface area contributed by atoms with Crippen LogP contribution in [-0.4, -0.2) is 28.7 Å². The fraction of sp³-hybridized carbons (Fsp3) is 0.438. The molecule has 1 aromatic heterocycles. The van der Waals surface area contributed by atoms with E-state index in [2.05, 4.69) is 10.3 Å². The summed E-state index contributed by atoms with van der Waals surface area (Å²) in [4.78, 5) is 29.1. The highest BCUT2D eigenvalue weighted by atomic mass is 16.5. The molecule has 1 amide bonds. The summed E-state index contributed by atoms with van der Waals surface area (Å²) in [6.07, 6.45) is 1.90. The summed E-state index contributed by atoms with van der Waals surface area (Å²) in [6.45, 7) is 2.60. The second-order valence-electron chi connectivity index (χ2n) is 5.44. The third-order valence-corrected chi connectivity index (χ3v) is 4.03. The molecular formula is C16H19N3O3. The van der Waals surface area contributed by atoms with Crippen LogP contribution in [0.15, 0.2) is 23.0 Å². The van der Waals surface area contributed by atoms with Crippen molar-refractivity contribution in [1.29, 1.82) is 0 Å². The number of ether oxygens (including phenoxy) is 1. The van der Waals surface area contributed by atoms with Gasteiger partial charge in [-0.15, -0.1) is 0 Å². The molecule has 0 unspecified atom stereocenters. The van der Waals surface area contributed by atoms with E-state index in [0.29, 0.717) is 23.0 Å². The van der Waals surface area contributed by atoms with Crippen molar-refractivity contribution in [2.24, 2.45) is 0 Å². The van der Waals surface area contributed by atoms with Crippen molar-refractivity contribution in [3.8, 4) is 0 Å². The molecule has 0 radical (unpaired) electrons. The largest absolute Gasteiger partial charge is 0.372 e. The minimum Gasteiger partial charge on any atom is -0.372 e. The average molecular weight is 301 g/mol. The van der Waals surface area contributed by atoms with Gasteiger partial charge in [-0.3, -0.25) is 14.2 Å². The van der Waals surface area contributed by atoms with Crippen molar-refractivity contribution in [1.82, 2.24) is 9.55 Å². The number of carbonyl (C=O) groups is 1. The first-order chi connectivity index (χ1) is 10.6. The van der Waals surface area contributed by atoms with Crippen molar-refractivity contribution in [2.45, 2.75) is 38.8 Å². The Bertz CT molecular complexity index is 778. The van der Waals surface area contributed by atoms with Gasteiger partial charge < -0.3 is 10.1 Å². The number of methoxy groups -OCH3 is 1. The Balaban J connectivity index is 1.96. The van der Waals surface area contributed by atoms with Crippen LogP contribution >= 0.6 is 0 Å². The van der Waals surface area contributed by atoms with E-state index in [9.17, 15) is 9.59 Å². The molecule has 6 heteroatoms. The van der Waals surface area contributed by atoms with Gasteiger partial charge in [-0.1, -0.05) is 6.92 Å². The summed E-state index contributed by atoms with van der Waals surface area (Å²) in [5, 5.41) is 3.33. The van der Waals surface area contributed by atoms with Crippen LogP contribution in [0.5, 0.6) is 0 Å². The highest BCUT2D eigenvalue weighted by Gasteiger charge is 2.18. The molecule has 2 heterocycles. The maximum atomic E-state index is 12.5. The number of benzene rings is 1. The number of aryl methyl sites for hydroxylation is 1. The van der Waals surface area contributed by atoms with Gasteiger partial charge in [0.1, 0.15) is 11.9 Å². The van der Waals surface area contributed by atoms with E-state index in [-0.39, 0.29) is 11.5 Å². The van der Waals surface area contributed by atoms with Gasteiger partial charge in [0, 0.05) is 25.8 Å². The van der Waals surface area contributed by atoms with E-state index < -0.39 is 6.10 Å². The zero-order chi connectivity index (χ0) is 15.7. The Morgan fingerprint density at radius 3 is 3.05 bits per heavy atom. The first kappa shape index (κ1) is 14.7. The quantitative estimate of drug-likeness (QED) is 0.933. The smallest absolute Gasteiger partial charge is 0.261 e. The Morgan fingerprint density at radius 1 is 1.50 bits per heavy atom. The zero-order valence-electron chi connectivity index (χ0n) is 12.8. The molecule has 1 atom stereocenters. The van der Waals surface area contributed by atoms with Crippen molar-refractivity contribution in [3.05, 3.63) is 34.4 Å². The normalized spacial score (nSPS) is 14.8. The van der Waals surface area contributed by atoms with E-state index in [4.69, 9.17) is 4.74 Å². The molecule has 0 saturated carbocycles. The maximum absolute atomic E-state index is 12.5. The summed E-state index contributed by atoms with van der Waals surface area (Å²) in [5.74, 6) is 0.637. The number of nitrogens with zero attached hydrogens (tertiary/aromatic N) is 2. The van der Waals surface area contributed by atoms with Crippen LogP contribution in [-0.2, 0) is 22.5 Å². The van der Waals surface area contributed by atoms with Crippen molar-refractivity contribution >= 4 is 22.5 Å². The molecule has 22 heavy (non-hydrogen) atoms. The predicted octanol–water partition coefficient (Wildman–Crippen LogP) is 1.71. The van der Waals surface area contributed by atoms with Crippen molar-refractivity contribution in [2.75, 3.05) is 12.4 Å². The number of aromatic nitrogens is 2. The predicted molar refractivity (Wildman–Crippen MR) is 84.0 cm³/mol. The first-order valence-electron chi connectivity index (χ1n) is 7.51. The van der Waals surface area contributed by atoms with Gasteiger partial charge in [0.05, 0.1) is 10.9 Å². The molecule has 0 fully saturated rings. The molecule has 1 N–H and O–H groups in total. The lowest BCUT2D eigenvalue weighted by atomic mass is 10.2. The SMILES string of the molecule is CC[C@H](OC)C(=O)Nc1ccc2nc3n(c(=O)c2c1)CCC3. The number of carbonyl (C=O) groups excluding carboxylic acids is 1. The average Bonchev–Trinajstić information content (AvgIpc) is 2.98. The number of hydrogen-bond donors (Lipinski definition) is 1. The Labute approximate surface area is 128 Å². The van der Waals surface area contributed by atoms with E-state index in [1.807, 2.05) is 6.92 Å². The lowest BCUT2D eigenvalue weighted by Crippen LogP contribution is -2.29. The van der Waals surface area contributed by atoms with Gasteiger partial charge in [-0.25, -0.2) is 4.98 Å². The third kappa shape index (κ3) is 2.50. The summed E-state index contributed by atoms with van der Waals surface area (Å²) < 4.78 is 6.84. The molecule has 6 nitrogen and oxygen atoms in total. The Hall–Kier alpha value is -2.21. The van der Waals surface area contributed by atoms with Crippen LogP contribution < -0.4 is 10.9 Å². The van der Waals surface area contributed by atoms with E-state index in [1.54, 1.807) is 22.8 Å². The second-order valence-corrected chi connectivity index (χ2v) is 5.44. The van der Waals surface area contributed by atoms with Gasteiger partial charge >= 0.3 is 0 Å². The molecule has 2 aromatic rings. The summed E-state index contributed by atoms with van der Waals surface area (Å²) in [6, 6.07) is 5.23. The van der Waals surface area contributed by atoms with Crippen LogP contribution in [0.1, 0.15) is 25.6 Å². The van der Waals surface area contributed by atoms with Crippen LogP contribution in [0.25, 0.3) is 10.9 Å². The van der Waals surface area contributed by atoms with Gasteiger partial charge in [-0.2, -0.15) is 0 Å². The van der Waals surface area contributed by atoms with Gasteiger partial charge in [-0.05, 0) is 31.0 Å². The number of amides is 1. The number of hydrogen-bond acceptors (Lipinski definition) is 4. The topological polar surface area (TPSA) is 73.2 Å². The molecule has 1 aliphatic heterocycles. The third-order valence-electron chi connectivity index (χ3n) is 4.03. The van der Waals surface area contributed by atoms with E-state index >= 15 is 0 Å². The molecule has 1 aliphatic rings. The number of nitrogens with one attached hydrogen (secondary N) is 1. The zero-order valence-corrected chi connectivity index (χ0v) is 12.8. The molecule has 0 saturated heterocycles. The minimum absolute atomic E-state index is 0.0348. The lowest BCUT2D eigenvalue weighted by molar-refractivity contribution is -0.125. The lowest BCUT2D eigenvalue weighted by Gasteiger charge is -2.13. The fourth-order valence-corrected chi connectivity index (χ4v) is 2.84. The highest BCUT2D eigenvalue weighted by Crippen LogP contribution is 2.18. The first-order valence-corrected chi connectivity index (χ1v) is 7.51. The number of anilines is 1. The number of rotatable bonds is 4. The van der Waals surface area contributed by atoms with Gasteiger partial charge in [0.25, 0.3) is 11.5 Å². The molecule has 116 valence electrons. The molecular weight excluding hydrogens is 282 g/mol. The van der Waals surface area contributed by atoms with Crippen molar-refractivity contribution < 1.29 is 9.53 Å². The van der Waals surface area contributed by atoms with Gasteiger partial charge in [0.2, 0.25) is 0 Å². The van der Waals surface area contributed by atoms with Crippen LogP contribution in [0, 0.1) is 0 Å². The van der Waals surface area contributed by atoms with Crippen LogP contribution in [0.2, 0.25) is 0 Å². The molecule has 1 aromatic carbocycles. The Kier molecular flexibility index (Phi) is 3.94. The van der Waals surface area contributed by atoms with E-state index in [1.165, 1.54) is 7.11 Å². The number of fused-ring (bicyclic) bond motifs is 2.